The summed E-state index contributed by atoms with van der Waals surface area (Å²) in [5.41, 5.74) is 0. The first kappa shape index (κ1) is 16.9. The molecule has 0 aromatic heterocycles. The molecule has 20 heavy (non-hydrogen) atoms. The van der Waals surface area contributed by atoms with E-state index in [1.165, 1.54) is 28.6 Å². The van der Waals surface area contributed by atoms with E-state index in [1.807, 2.05) is 13.8 Å². The number of rotatable bonds is 8. The van der Waals surface area contributed by atoms with Crippen molar-refractivity contribution in [2.45, 2.75) is 37.6 Å². The summed E-state index contributed by atoms with van der Waals surface area (Å²) in [6.07, 6.45) is 1.50. The highest BCUT2D eigenvalue weighted by Crippen LogP contribution is 2.22. The van der Waals surface area contributed by atoms with Gasteiger partial charge in [-0.3, -0.25) is 0 Å². The van der Waals surface area contributed by atoms with Gasteiger partial charge in [-0.1, -0.05) is 13.8 Å². The van der Waals surface area contributed by atoms with Gasteiger partial charge in [-0.2, -0.15) is 4.31 Å². The van der Waals surface area contributed by atoms with Gasteiger partial charge in [-0.05, 0) is 37.1 Å². The van der Waals surface area contributed by atoms with Crippen LogP contribution in [0.25, 0.3) is 0 Å². The van der Waals surface area contributed by atoms with E-state index in [4.69, 9.17) is 4.74 Å². The van der Waals surface area contributed by atoms with Crippen molar-refractivity contribution in [2.24, 2.45) is 0 Å². The summed E-state index contributed by atoms with van der Waals surface area (Å²) in [6.45, 7) is 4.63. The molecule has 0 fully saturated rings. The summed E-state index contributed by atoms with van der Waals surface area (Å²) in [7, 11) is -2.02. The molecule has 1 N–H and O–H groups in total. The molecular formula is C14H23NO4S. The van der Waals surface area contributed by atoms with E-state index in [1.54, 1.807) is 7.11 Å². The SMILES string of the molecule is CCC(CC)N(CCOC)S(=O)(=O)c1ccc(O)cc1. The summed E-state index contributed by atoms with van der Waals surface area (Å²) < 4.78 is 31.9. The lowest BCUT2D eigenvalue weighted by molar-refractivity contribution is 0.163. The smallest absolute Gasteiger partial charge is 0.243 e. The van der Waals surface area contributed by atoms with Crippen LogP contribution in [0, 0.1) is 0 Å². The lowest BCUT2D eigenvalue weighted by Gasteiger charge is -2.29. The van der Waals surface area contributed by atoms with Gasteiger partial charge >= 0.3 is 0 Å². The minimum absolute atomic E-state index is 0.0509. The third kappa shape index (κ3) is 3.94. The summed E-state index contributed by atoms with van der Waals surface area (Å²) in [4.78, 5) is 0.193. The monoisotopic (exact) mass is 301 g/mol. The van der Waals surface area contributed by atoms with Crippen molar-refractivity contribution in [1.29, 1.82) is 0 Å². The first-order valence-electron chi connectivity index (χ1n) is 6.77. The topological polar surface area (TPSA) is 66.8 Å². The molecule has 0 unspecified atom stereocenters. The number of phenols is 1. The second kappa shape index (κ2) is 7.61. The van der Waals surface area contributed by atoms with Crippen molar-refractivity contribution in [2.75, 3.05) is 20.3 Å². The van der Waals surface area contributed by atoms with E-state index in [2.05, 4.69) is 0 Å². The number of methoxy groups -OCH3 is 1. The Bertz CT molecular complexity index is 494. The van der Waals surface area contributed by atoms with Crippen molar-refractivity contribution in [3.05, 3.63) is 24.3 Å². The Hall–Kier alpha value is -1.11. The quantitative estimate of drug-likeness (QED) is 0.799. The summed E-state index contributed by atoms with van der Waals surface area (Å²) >= 11 is 0. The summed E-state index contributed by atoms with van der Waals surface area (Å²) in [6, 6.07) is 5.56. The molecule has 0 aliphatic heterocycles. The molecular weight excluding hydrogens is 278 g/mol. The molecule has 1 rings (SSSR count). The Morgan fingerprint density at radius 3 is 2.20 bits per heavy atom. The third-order valence-corrected chi connectivity index (χ3v) is 5.27. The number of benzene rings is 1. The van der Waals surface area contributed by atoms with Crippen LogP contribution in [0.1, 0.15) is 26.7 Å². The zero-order valence-corrected chi connectivity index (χ0v) is 13.1. The van der Waals surface area contributed by atoms with E-state index in [9.17, 15) is 13.5 Å². The minimum Gasteiger partial charge on any atom is -0.508 e. The highest BCUT2D eigenvalue weighted by Gasteiger charge is 2.29. The average Bonchev–Trinajstić information content (AvgIpc) is 2.43. The molecule has 0 saturated carbocycles. The van der Waals surface area contributed by atoms with E-state index >= 15 is 0 Å². The molecule has 6 heteroatoms. The molecule has 0 bridgehead atoms. The van der Waals surface area contributed by atoms with Crippen LogP contribution in [0.2, 0.25) is 0 Å². The van der Waals surface area contributed by atoms with Crippen molar-refractivity contribution in [3.63, 3.8) is 0 Å². The predicted molar refractivity (Wildman–Crippen MR) is 78.2 cm³/mol. The predicted octanol–water partition coefficient (Wildman–Crippen LogP) is 2.22. The summed E-state index contributed by atoms with van der Waals surface area (Å²) in [5, 5.41) is 9.28. The first-order valence-corrected chi connectivity index (χ1v) is 8.21. The molecule has 0 amide bonds. The largest absolute Gasteiger partial charge is 0.508 e. The zero-order valence-electron chi connectivity index (χ0n) is 12.2. The molecule has 1 aromatic rings. The fraction of sp³-hybridized carbons (Fsp3) is 0.571. The van der Waals surface area contributed by atoms with Crippen LogP contribution in [0.5, 0.6) is 5.75 Å². The van der Waals surface area contributed by atoms with E-state index in [0.717, 1.165) is 12.8 Å². The van der Waals surface area contributed by atoms with Gasteiger partial charge in [0.2, 0.25) is 10.0 Å². The van der Waals surface area contributed by atoms with Crippen LogP contribution in [0.3, 0.4) is 0 Å². The average molecular weight is 301 g/mol. The van der Waals surface area contributed by atoms with Gasteiger partial charge in [0.25, 0.3) is 0 Å². The number of aromatic hydroxyl groups is 1. The Kier molecular flexibility index (Phi) is 6.45. The Labute approximate surface area is 121 Å². The number of ether oxygens (including phenoxy) is 1. The highest BCUT2D eigenvalue weighted by molar-refractivity contribution is 7.89. The Morgan fingerprint density at radius 2 is 1.75 bits per heavy atom. The van der Waals surface area contributed by atoms with Gasteiger partial charge in [0.15, 0.2) is 0 Å². The molecule has 0 aliphatic carbocycles. The highest BCUT2D eigenvalue weighted by atomic mass is 32.2. The Balaban J connectivity index is 3.12. The van der Waals surface area contributed by atoms with Crippen molar-refractivity contribution < 1.29 is 18.3 Å². The first-order chi connectivity index (χ1) is 9.47. The van der Waals surface area contributed by atoms with Crippen molar-refractivity contribution >= 4 is 10.0 Å². The molecule has 0 heterocycles. The van der Waals surface area contributed by atoms with Gasteiger partial charge in [0.05, 0.1) is 11.5 Å². The normalized spacial score (nSPS) is 12.2. The maximum absolute atomic E-state index is 12.7. The second-order valence-electron chi connectivity index (χ2n) is 4.57. The van der Waals surface area contributed by atoms with E-state index in [0.29, 0.717) is 13.2 Å². The van der Waals surface area contributed by atoms with E-state index in [-0.39, 0.29) is 16.7 Å². The summed E-state index contributed by atoms with van der Waals surface area (Å²) in [5.74, 6) is 0.0509. The number of sulfonamides is 1. The lowest BCUT2D eigenvalue weighted by Crippen LogP contribution is -2.41. The number of hydrogen-bond acceptors (Lipinski definition) is 4. The fourth-order valence-electron chi connectivity index (χ4n) is 2.13. The Morgan fingerprint density at radius 1 is 1.20 bits per heavy atom. The number of phenolic OH excluding ortho intramolecular Hbond substituents is 1. The van der Waals surface area contributed by atoms with Crippen molar-refractivity contribution in [3.8, 4) is 5.75 Å². The molecule has 5 nitrogen and oxygen atoms in total. The molecule has 0 radical (unpaired) electrons. The number of hydrogen-bond donors (Lipinski definition) is 1. The van der Waals surface area contributed by atoms with Crippen LogP contribution in [0.4, 0.5) is 0 Å². The third-order valence-electron chi connectivity index (χ3n) is 3.31. The molecule has 114 valence electrons. The van der Waals surface area contributed by atoms with Crippen molar-refractivity contribution in [1.82, 2.24) is 4.31 Å². The van der Waals surface area contributed by atoms with E-state index < -0.39 is 10.0 Å². The van der Waals surface area contributed by atoms with Gasteiger partial charge in [0, 0.05) is 19.7 Å². The van der Waals surface area contributed by atoms with Crippen LogP contribution in [-0.2, 0) is 14.8 Å². The molecule has 0 saturated heterocycles. The van der Waals surface area contributed by atoms with Crippen LogP contribution < -0.4 is 0 Å². The second-order valence-corrected chi connectivity index (χ2v) is 6.46. The standard InChI is InChI=1S/C14H23NO4S/c1-4-12(5-2)15(10-11-19-3)20(17,18)14-8-6-13(16)7-9-14/h6-9,12,16H,4-5,10-11H2,1-3H3. The lowest BCUT2D eigenvalue weighted by atomic mass is 10.2. The molecule has 1 aromatic carbocycles. The maximum atomic E-state index is 12.7. The fourth-order valence-corrected chi connectivity index (χ4v) is 3.89. The minimum atomic E-state index is -3.57. The van der Waals surface area contributed by atoms with Gasteiger partial charge < -0.3 is 9.84 Å². The van der Waals surface area contributed by atoms with Gasteiger partial charge in [-0.15, -0.1) is 0 Å². The van der Waals surface area contributed by atoms with Crippen LogP contribution in [-0.4, -0.2) is 44.1 Å². The molecule has 0 aliphatic rings. The maximum Gasteiger partial charge on any atom is 0.243 e. The van der Waals surface area contributed by atoms with Gasteiger partial charge in [-0.25, -0.2) is 8.42 Å². The van der Waals surface area contributed by atoms with Crippen LogP contribution in [0.15, 0.2) is 29.2 Å². The van der Waals surface area contributed by atoms with Crippen LogP contribution >= 0.6 is 0 Å². The zero-order chi connectivity index (χ0) is 15.2. The molecule has 0 spiro atoms. The molecule has 0 atom stereocenters. The number of nitrogens with zero attached hydrogens (tertiary/aromatic N) is 1. The van der Waals surface area contributed by atoms with Gasteiger partial charge in [0.1, 0.15) is 5.75 Å².